The van der Waals surface area contributed by atoms with Gasteiger partial charge in [0.15, 0.2) is 11.0 Å². The highest BCUT2D eigenvalue weighted by molar-refractivity contribution is 6.04. The minimum atomic E-state index is -0.901. The summed E-state index contributed by atoms with van der Waals surface area (Å²) in [6, 6.07) is 3.69. The van der Waals surface area contributed by atoms with Gasteiger partial charge in [0, 0.05) is 13.1 Å². The Morgan fingerprint density at radius 1 is 1.06 bits per heavy atom. The predicted molar refractivity (Wildman–Crippen MR) is 113 cm³/mol. The first-order valence-corrected chi connectivity index (χ1v) is 10.8. The summed E-state index contributed by atoms with van der Waals surface area (Å²) in [7, 11) is 0. The maximum Gasteiger partial charge on any atom is 0.307 e. The first-order valence-electron chi connectivity index (χ1n) is 10.8. The molecule has 1 aromatic heterocycles. The number of fused-ring (bicyclic) bond motifs is 3. The third kappa shape index (κ3) is 3.18. The molecule has 31 heavy (non-hydrogen) atoms. The van der Waals surface area contributed by atoms with Crippen molar-refractivity contribution in [1.29, 1.82) is 0 Å². The molecule has 2 heterocycles. The van der Waals surface area contributed by atoms with Crippen LogP contribution in [-0.2, 0) is 14.3 Å². The molecule has 0 unspecified atom stereocenters. The van der Waals surface area contributed by atoms with Gasteiger partial charge in [-0.15, -0.1) is 0 Å². The monoisotopic (exact) mass is 426 g/mol. The van der Waals surface area contributed by atoms with Gasteiger partial charge in [-0.1, -0.05) is 11.1 Å². The van der Waals surface area contributed by atoms with Crippen molar-refractivity contribution in [3.05, 3.63) is 23.3 Å². The quantitative estimate of drug-likeness (QED) is 0.717. The van der Waals surface area contributed by atoms with E-state index in [2.05, 4.69) is 20.5 Å². The smallest absolute Gasteiger partial charge is 0.307 e. The number of allylic oxidation sites excluding steroid dienone is 2. The van der Waals surface area contributed by atoms with Gasteiger partial charge < -0.3 is 20.1 Å². The van der Waals surface area contributed by atoms with Crippen LogP contribution < -0.4 is 10.2 Å². The van der Waals surface area contributed by atoms with Crippen molar-refractivity contribution in [2.45, 2.75) is 26.7 Å². The lowest BCUT2D eigenvalue weighted by Crippen LogP contribution is -2.38. The number of ether oxygens (including phenoxy) is 1. The maximum atomic E-state index is 13.3. The summed E-state index contributed by atoms with van der Waals surface area (Å²) < 4.78 is 10.4. The van der Waals surface area contributed by atoms with Gasteiger partial charge in [0.05, 0.1) is 36.4 Å². The summed E-state index contributed by atoms with van der Waals surface area (Å²) in [5.74, 6) is -2.53. The second-order valence-electron chi connectivity index (χ2n) is 8.82. The van der Waals surface area contributed by atoms with E-state index >= 15 is 0 Å². The number of hydrogen-bond donors (Lipinski definition) is 2. The van der Waals surface area contributed by atoms with Gasteiger partial charge in [-0.2, -0.15) is 0 Å². The van der Waals surface area contributed by atoms with Crippen LogP contribution >= 0.6 is 0 Å². The van der Waals surface area contributed by atoms with Crippen LogP contribution in [0.15, 0.2) is 27.9 Å². The zero-order chi connectivity index (χ0) is 21.7. The molecule has 1 aliphatic heterocycles. The molecule has 1 saturated heterocycles. The summed E-state index contributed by atoms with van der Waals surface area (Å²) in [6.07, 6.45) is 1.68. The third-order valence-corrected chi connectivity index (χ3v) is 7.01. The number of carbonyl (C=O) groups excluding carboxylic acids is 1. The number of aliphatic carboxylic acids is 1. The van der Waals surface area contributed by atoms with Gasteiger partial charge in [0.25, 0.3) is 0 Å². The molecule has 1 amide bonds. The first-order chi connectivity index (χ1) is 15.0. The lowest BCUT2D eigenvalue weighted by Gasteiger charge is -2.29. The fraction of sp³-hybridized carbons (Fsp3) is 0.545. The normalized spacial score (nSPS) is 27.7. The van der Waals surface area contributed by atoms with E-state index in [0.29, 0.717) is 29.9 Å². The fourth-order valence-corrected chi connectivity index (χ4v) is 5.83. The molecule has 5 rings (SSSR count). The van der Waals surface area contributed by atoms with Crippen molar-refractivity contribution in [2.75, 3.05) is 36.5 Å². The molecule has 2 aromatic rings. The molecule has 9 heteroatoms. The van der Waals surface area contributed by atoms with Gasteiger partial charge in [-0.05, 0) is 61.0 Å². The van der Waals surface area contributed by atoms with Gasteiger partial charge in [-0.25, -0.2) is 4.63 Å². The number of hydrogen-bond acceptors (Lipinski definition) is 7. The highest BCUT2D eigenvalue weighted by Crippen LogP contribution is 2.57. The van der Waals surface area contributed by atoms with Crippen molar-refractivity contribution >= 4 is 34.3 Å². The number of benzene rings is 1. The predicted octanol–water partition coefficient (Wildman–Crippen LogP) is 2.69. The molecule has 2 N–H and O–H groups in total. The average molecular weight is 426 g/mol. The van der Waals surface area contributed by atoms with E-state index in [1.165, 1.54) is 0 Å². The van der Waals surface area contributed by atoms with Gasteiger partial charge in [0.1, 0.15) is 0 Å². The average Bonchev–Trinajstić information content (AvgIpc) is 3.47. The number of carboxylic acids is 1. The van der Waals surface area contributed by atoms with E-state index in [-0.39, 0.29) is 17.7 Å². The van der Waals surface area contributed by atoms with Crippen LogP contribution in [0.25, 0.3) is 11.0 Å². The van der Waals surface area contributed by atoms with Crippen LogP contribution in [0.2, 0.25) is 0 Å². The summed E-state index contributed by atoms with van der Waals surface area (Å²) in [5.41, 5.74) is 4.70. The standard InChI is InChI=1S/C22H26N4O5/c1-11(2)16-12-3-4-13(16)18(22(28)29)17(12)21(27)23-14-5-6-15(20-19(14)24-31-25-20)26-7-9-30-10-8-26/h5-6,12-13,17-18H,3-4,7-10H2,1-2H3,(H,23,27)(H,28,29)/t12-,13-,17+,18-/m0/s1. The Kier molecular flexibility index (Phi) is 4.92. The van der Waals surface area contributed by atoms with Gasteiger partial charge >= 0.3 is 5.97 Å². The summed E-state index contributed by atoms with van der Waals surface area (Å²) in [6.45, 7) is 6.77. The fourth-order valence-electron chi connectivity index (χ4n) is 5.83. The molecular formula is C22H26N4O5. The number of carbonyl (C=O) groups is 2. The molecule has 2 aliphatic carbocycles. The molecule has 3 fully saturated rings. The molecule has 2 bridgehead atoms. The van der Waals surface area contributed by atoms with E-state index in [1.807, 2.05) is 19.9 Å². The van der Waals surface area contributed by atoms with Crippen molar-refractivity contribution in [1.82, 2.24) is 10.3 Å². The SMILES string of the molecule is CC(C)=C1[C@@H]2CC[C@@H]1[C@@H](C(=O)Nc1ccc(N3CCOCC3)c3nonc13)[C@H]2C(=O)O. The lowest BCUT2D eigenvalue weighted by molar-refractivity contribution is -0.148. The van der Waals surface area contributed by atoms with Crippen LogP contribution in [0.4, 0.5) is 11.4 Å². The molecule has 0 radical (unpaired) electrons. The van der Waals surface area contributed by atoms with Crippen LogP contribution in [0.5, 0.6) is 0 Å². The van der Waals surface area contributed by atoms with Crippen molar-refractivity contribution in [3.8, 4) is 0 Å². The molecule has 2 saturated carbocycles. The molecule has 164 valence electrons. The number of anilines is 2. The largest absolute Gasteiger partial charge is 0.481 e. The number of carboxylic acid groups (broad SMARTS) is 1. The Balaban J connectivity index is 1.45. The van der Waals surface area contributed by atoms with Crippen LogP contribution in [0.3, 0.4) is 0 Å². The zero-order valence-electron chi connectivity index (χ0n) is 17.6. The van der Waals surface area contributed by atoms with E-state index in [4.69, 9.17) is 9.37 Å². The number of morpholine rings is 1. The Bertz CT molecular complexity index is 1070. The number of nitrogens with zero attached hydrogens (tertiary/aromatic N) is 3. The van der Waals surface area contributed by atoms with Crippen LogP contribution in [0.1, 0.15) is 26.7 Å². The number of rotatable bonds is 4. The van der Waals surface area contributed by atoms with E-state index < -0.39 is 17.8 Å². The molecule has 9 nitrogen and oxygen atoms in total. The molecule has 4 atom stereocenters. The highest BCUT2D eigenvalue weighted by atomic mass is 16.6. The van der Waals surface area contributed by atoms with Crippen LogP contribution in [-0.4, -0.2) is 53.6 Å². The molecule has 0 spiro atoms. The topological polar surface area (TPSA) is 118 Å². The number of nitrogens with one attached hydrogen (secondary N) is 1. The van der Waals surface area contributed by atoms with Crippen molar-refractivity contribution < 1.29 is 24.1 Å². The van der Waals surface area contributed by atoms with Gasteiger partial charge in [-0.3, -0.25) is 9.59 Å². The Labute approximate surface area is 179 Å². The highest BCUT2D eigenvalue weighted by Gasteiger charge is 2.57. The zero-order valence-corrected chi connectivity index (χ0v) is 17.6. The summed E-state index contributed by atoms with van der Waals surface area (Å²) >= 11 is 0. The number of aromatic nitrogens is 2. The minimum Gasteiger partial charge on any atom is -0.481 e. The van der Waals surface area contributed by atoms with E-state index in [9.17, 15) is 14.7 Å². The van der Waals surface area contributed by atoms with Gasteiger partial charge in [0.2, 0.25) is 5.91 Å². The van der Waals surface area contributed by atoms with E-state index in [0.717, 1.165) is 42.8 Å². The first kappa shape index (κ1) is 20.0. The maximum absolute atomic E-state index is 13.3. The Hall–Kier alpha value is -2.94. The molecule has 3 aliphatic rings. The Morgan fingerprint density at radius 3 is 2.42 bits per heavy atom. The van der Waals surface area contributed by atoms with E-state index in [1.54, 1.807) is 6.07 Å². The second kappa shape index (κ2) is 7.64. The van der Waals surface area contributed by atoms with Crippen LogP contribution in [0, 0.1) is 23.7 Å². The summed E-state index contributed by atoms with van der Waals surface area (Å²) in [4.78, 5) is 27.6. The van der Waals surface area contributed by atoms with Crippen molar-refractivity contribution in [2.24, 2.45) is 23.7 Å². The molecule has 1 aromatic carbocycles. The van der Waals surface area contributed by atoms with Crippen molar-refractivity contribution in [3.63, 3.8) is 0 Å². The lowest BCUT2D eigenvalue weighted by atomic mass is 9.78. The number of amides is 1. The Morgan fingerprint density at radius 2 is 1.74 bits per heavy atom. The third-order valence-electron chi connectivity index (χ3n) is 7.01. The summed E-state index contributed by atoms with van der Waals surface area (Å²) in [5, 5.41) is 20.9. The second-order valence-corrected chi connectivity index (χ2v) is 8.82. The minimum absolute atomic E-state index is 0.0188. The molecular weight excluding hydrogens is 400 g/mol.